The number of fused-ring (bicyclic) bond motifs is 2. The van der Waals surface area contributed by atoms with Crippen molar-refractivity contribution in [2.45, 2.75) is 57.8 Å². The van der Waals surface area contributed by atoms with Crippen molar-refractivity contribution < 1.29 is 14.3 Å². The topological polar surface area (TPSA) is 59.3 Å². The number of hydrogen-bond acceptors (Lipinski definition) is 4. The summed E-state index contributed by atoms with van der Waals surface area (Å²) in [7, 11) is 0. The van der Waals surface area contributed by atoms with Gasteiger partial charge in [-0.2, -0.15) is 5.26 Å². The molecule has 3 atom stereocenters. The molecule has 0 aromatic rings. The molecule has 92 valence electrons. The molecule has 2 aliphatic rings. The summed E-state index contributed by atoms with van der Waals surface area (Å²) in [5, 5.41) is 9.44. The normalized spacial score (nSPS) is 43.8. The lowest BCUT2D eigenvalue weighted by atomic mass is 9.69. The van der Waals surface area contributed by atoms with Gasteiger partial charge in [0.25, 0.3) is 0 Å². The molecule has 0 aliphatic carbocycles. The van der Waals surface area contributed by atoms with Crippen LogP contribution in [0.5, 0.6) is 0 Å². The Morgan fingerprint density at radius 3 is 2.35 bits per heavy atom. The number of hydrogen-bond donors (Lipinski definition) is 0. The van der Waals surface area contributed by atoms with Gasteiger partial charge in [-0.1, -0.05) is 0 Å². The zero-order chi connectivity index (χ0) is 13.1. The summed E-state index contributed by atoms with van der Waals surface area (Å²) in [4.78, 5) is 11.2. The molecule has 0 spiro atoms. The maximum atomic E-state index is 11.2. The molecule has 4 heteroatoms. The van der Waals surface area contributed by atoms with Crippen molar-refractivity contribution >= 4 is 5.97 Å². The minimum atomic E-state index is -1.20. The lowest BCUT2D eigenvalue weighted by Gasteiger charge is -2.37. The lowest BCUT2D eigenvalue weighted by Crippen LogP contribution is -2.52. The Morgan fingerprint density at radius 2 is 2.00 bits per heavy atom. The van der Waals surface area contributed by atoms with E-state index in [9.17, 15) is 10.1 Å². The van der Waals surface area contributed by atoms with Crippen molar-refractivity contribution in [3.05, 3.63) is 11.1 Å². The first-order valence-corrected chi connectivity index (χ1v) is 5.70. The second kappa shape index (κ2) is 3.11. The third kappa shape index (κ3) is 1.23. The fraction of sp³-hybridized carbons (Fsp3) is 0.692. The Bertz CT molecular complexity index is 476. The van der Waals surface area contributed by atoms with Crippen LogP contribution < -0.4 is 0 Å². The van der Waals surface area contributed by atoms with Crippen molar-refractivity contribution in [3.63, 3.8) is 0 Å². The van der Waals surface area contributed by atoms with E-state index in [0.29, 0.717) is 6.42 Å². The van der Waals surface area contributed by atoms with Crippen molar-refractivity contribution in [1.29, 1.82) is 5.26 Å². The van der Waals surface area contributed by atoms with Crippen LogP contribution in [0.2, 0.25) is 0 Å². The Morgan fingerprint density at radius 1 is 1.41 bits per heavy atom. The first kappa shape index (κ1) is 12.1. The molecule has 17 heavy (non-hydrogen) atoms. The Labute approximate surface area is 101 Å². The van der Waals surface area contributed by atoms with E-state index in [2.05, 4.69) is 6.07 Å². The third-order valence-electron chi connectivity index (χ3n) is 4.36. The molecule has 1 saturated heterocycles. The van der Waals surface area contributed by atoms with Crippen molar-refractivity contribution in [1.82, 2.24) is 0 Å². The van der Waals surface area contributed by atoms with Gasteiger partial charge in [0, 0.05) is 13.3 Å². The van der Waals surface area contributed by atoms with Crippen LogP contribution in [0.1, 0.15) is 41.0 Å². The number of carbonyl (C=O) groups is 1. The van der Waals surface area contributed by atoms with Gasteiger partial charge in [0.2, 0.25) is 5.60 Å². The van der Waals surface area contributed by atoms with E-state index in [1.807, 2.05) is 27.7 Å². The van der Waals surface area contributed by atoms with Crippen molar-refractivity contribution in [3.8, 4) is 6.07 Å². The number of ether oxygens (including phenoxy) is 2. The van der Waals surface area contributed by atoms with Crippen LogP contribution in [0, 0.1) is 11.3 Å². The smallest absolute Gasteiger partial charge is 0.304 e. The molecule has 0 aromatic carbocycles. The fourth-order valence-electron chi connectivity index (χ4n) is 3.10. The lowest BCUT2D eigenvalue weighted by molar-refractivity contribution is -0.162. The summed E-state index contributed by atoms with van der Waals surface area (Å²) in [6.07, 6.45) is 0.399. The van der Waals surface area contributed by atoms with Gasteiger partial charge < -0.3 is 9.47 Å². The van der Waals surface area contributed by atoms with E-state index < -0.39 is 22.8 Å². The van der Waals surface area contributed by atoms with Gasteiger partial charge in [-0.15, -0.1) is 0 Å². The number of nitrogens with zero attached hydrogens (tertiary/aromatic N) is 1. The maximum absolute atomic E-state index is 11.2. The number of rotatable bonds is 1. The minimum absolute atomic E-state index is 0.399. The second-order valence-electron chi connectivity index (χ2n) is 5.33. The molecule has 2 heterocycles. The molecule has 0 N–H and O–H groups in total. The molecule has 0 aromatic heterocycles. The Balaban J connectivity index is 2.56. The Kier molecular flexibility index (Phi) is 2.22. The number of nitriles is 1. The van der Waals surface area contributed by atoms with Crippen LogP contribution in [0.4, 0.5) is 0 Å². The van der Waals surface area contributed by atoms with Gasteiger partial charge in [-0.25, -0.2) is 0 Å². The monoisotopic (exact) mass is 235 g/mol. The number of carbonyl (C=O) groups excluding carboxylic acids is 1. The molecule has 0 radical (unpaired) electrons. The van der Waals surface area contributed by atoms with Gasteiger partial charge >= 0.3 is 5.97 Å². The summed E-state index contributed by atoms with van der Waals surface area (Å²) in [6, 6.07) is 2.15. The van der Waals surface area contributed by atoms with Crippen LogP contribution in [-0.4, -0.2) is 22.8 Å². The molecular weight excluding hydrogens is 218 g/mol. The minimum Gasteiger partial charge on any atom is -0.440 e. The fourth-order valence-corrected chi connectivity index (χ4v) is 3.10. The average molecular weight is 235 g/mol. The quantitative estimate of drug-likeness (QED) is 0.516. The second-order valence-corrected chi connectivity index (χ2v) is 5.33. The van der Waals surface area contributed by atoms with Gasteiger partial charge in [0.15, 0.2) is 0 Å². The summed E-state index contributed by atoms with van der Waals surface area (Å²) < 4.78 is 11.3. The van der Waals surface area contributed by atoms with E-state index in [4.69, 9.17) is 9.47 Å². The molecule has 0 amide bonds. The van der Waals surface area contributed by atoms with Gasteiger partial charge in [-0.3, -0.25) is 4.79 Å². The maximum Gasteiger partial charge on any atom is 0.304 e. The van der Waals surface area contributed by atoms with Crippen molar-refractivity contribution in [2.24, 2.45) is 0 Å². The SMILES string of the molecule is CC(=O)OC1(C#N)CC2(C)OC1(C)C(C)=C2C. The van der Waals surface area contributed by atoms with Crippen molar-refractivity contribution in [2.75, 3.05) is 0 Å². The summed E-state index contributed by atoms with van der Waals surface area (Å²) >= 11 is 0. The standard InChI is InChI=1S/C13H17NO3/c1-8-9(2)12(5)13(7-14,16-10(3)15)6-11(8,4)17-12/h6H2,1-5H3. The summed E-state index contributed by atoms with van der Waals surface area (Å²) in [6.45, 7) is 9.05. The van der Waals surface area contributed by atoms with E-state index >= 15 is 0 Å². The molecular formula is C13H17NO3. The predicted molar refractivity (Wildman–Crippen MR) is 61.0 cm³/mol. The third-order valence-corrected chi connectivity index (χ3v) is 4.36. The largest absolute Gasteiger partial charge is 0.440 e. The predicted octanol–water partition coefficient (Wildman–Crippen LogP) is 2.10. The van der Waals surface area contributed by atoms with Crippen LogP contribution in [-0.2, 0) is 14.3 Å². The zero-order valence-corrected chi connectivity index (χ0v) is 10.9. The van der Waals surface area contributed by atoms with Crippen LogP contribution in [0.3, 0.4) is 0 Å². The van der Waals surface area contributed by atoms with Crippen LogP contribution in [0.15, 0.2) is 11.1 Å². The van der Waals surface area contributed by atoms with E-state index in [1.54, 1.807) is 0 Å². The summed E-state index contributed by atoms with van der Waals surface area (Å²) in [5.41, 5.74) is -0.389. The molecule has 1 fully saturated rings. The first-order valence-electron chi connectivity index (χ1n) is 5.70. The molecule has 2 rings (SSSR count). The Hall–Kier alpha value is -1.34. The summed E-state index contributed by atoms with van der Waals surface area (Å²) in [5.74, 6) is -0.446. The van der Waals surface area contributed by atoms with E-state index in [0.717, 1.165) is 11.1 Å². The van der Waals surface area contributed by atoms with Crippen LogP contribution >= 0.6 is 0 Å². The highest BCUT2D eigenvalue weighted by Crippen LogP contribution is 2.59. The molecule has 2 bridgehead atoms. The molecule has 0 saturated carbocycles. The molecule has 3 unspecified atom stereocenters. The van der Waals surface area contributed by atoms with E-state index in [-0.39, 0.29) is 0 Å². The first-order chi connectivity index (χ1) is 7.71. The highest BCUT2D eigenvalue weighted by Gasteiger charge is 2.70. The van der Waals surface area contributed by atoms with E-state index in [1.165, 1.54) is 6.92 Å². The molecule has 2 aliphatic heterocycles. The molecule has 4 nitrogen and oxygen atoms in total. The van der Waals surface area contributed by atoms with Gasteiger partial charge in [0.1, 0.15) is 11.7 Å². The number of esters is 1. The highest BCUT2D eigenvalue weighted by atomic mass is 16.6. The zero-order valence-electron chi connectivity index (χ0n) is 10.9. The van der Waals surface area contributed by atoms with Crippen LogP contribution in [0.25, 0.3) is 0 Å². The van der Waals surface area contributed by atoms with Gasteiger partial charge in [0.05, 0.1) is 5.60 Å². The van der Waals surface area contributed by atoms with Gasteiger partial charge in [-0.05, 0) is 38.8 Å². The highest BCUT2D eigenvalue weighted by molar-refractivity contribution is 5.68. The average Bonchev–Trinajstić information content (AvgIpc) is 2.54.